The van der Waals surface area contributed by atoms with Gasteiger partial charge in [0.25, 0.3) is 0 Å². The fourth-order valence-electron chi connectivity index (χ4n) is 2.63. The third-order valence-electron chi connectivity index (χ3n) is 3.89. The van der Waals surface area contributed by atoms with Crippen LogP contribution < -0.4 is 5.69 Å². The van der Waals surface area contributed by atoms with Gasteiger partial charge in [0, 0.05) is 24.7 Å². The molecule has 0 fully saturated rings. The van der Waals surface area contributed by atoms with Gasteiger partial charge in [0.1, 0.15) is 0 Å². The van der Waals surface area contributed by atoms with Gasteiger partial charge in [-0.05, 0) is 29.8 Å². The van der Waals surface area contributed by atoms with E-state index in [-0.39, 0.29) is 5.69 Å². The molecule has 1 aromatic heterocycles. The molecule has 0 aliphatic rings. The summed E-state index contributed by atoms with van der Waals surface area (Å²) in [6.07, 6.45) is 1.78. The van der Waals surface area contributed by atoms with Gasteiger partial charge in [0.05, 0.1) is 22.7 Å². The Morgan fingerprint density at radius 1 is 1.13 bits per heavy atom. The van der Waals surface area contributed by atoms with Crippen LogP contribution in [0.3, 0.4) is 0 Å². The van der Waals surface area contributed by atoms with E-state index in [0.717, 1.165) is 16.6 Å². The Kier molecular flexibility index (Phi) is 3.81. The summed E-state index contributed by atoms with van der Waals surface area (Å²) >= 11 is 6.17. The summed E-state index contributed by atoms with van der Waals surface area (Å²) in [5.41, 5.74) is 3.62. The molecule has 0 N–H and O–H groups in total. The number of halogens is 1. The molecule has 0 spiro atoms. The van der Waals surface area contributed by atoms with Crippen molar-refractivity contribution in [2.24, 2.45) is 14.1 Å². The lowest BCUT2D eigenvalue weighted by Crippen LogP contribution is -2.19. The predicted octanol–water partition coefficient (Wildman–Crippen LogP) is 3.59. The summed E-state index contributed by atoms with van der Waals surface area (Å²) in [7, 11) is 3.47. The van der Waals surface area contributed by atoms with Gasteiger partial charge < -0.3 is 0 Å². The summed E-state index contributed by atoms with van der Waals surface area (Å²) in [6.45, 7) is 0. The minimum absolute atomic E-state index is 0.0762. The van der Waals surface area contributed by atoms with Crippen LogP contribution in [0.1, 0.15) is 11.1 Å². The maximum Gasteiger partial charge on any atom is 0.328 e. The number of benzene rings is 2. The van der Waals surface area contributed by atoms with Crippen molar-refractivity contribution in [1.82, 2.24) is 9.13 Å². The van der Waals surface area contributed by atoms with Crippen molar-refractivity contribution >= 4 is 34.3 Å². The van der Waals surface area contributed by atoms with Gasteiger partial charge in [0.2, 0.25) is 0 Å². The molecule has 1 heterocycles. The van der Waals surface area contributed by atoms with Gasteiger partial charge in [-0.25, -0.2) is 4.79 Å². The molecule has 0 aliphatic carbocycles. The highest BCUT2D eigenvalue weighted by Crippen LogP contribution is 2.26. The first-order chi connectivity index (χ1) is 11.0. The van der Waals surface area contributed by atoms with Crippen LogP contribution in [0.4, 0.5) is 0 Å². The monoisotopic (exact) mass is 323 g/mol. The highest BCUT2D eigenvalue weighted by atomic mass is 35.5. The van der Waals surface area contributed by atoms with Crippen molar-refractivity contribution in [3.63, 3.8) is 0 Å². The van der Waals surface area contributed by atoms with Crippen molar-refractivity contribution in [3.05, 3.63) is 69.1 Å². The van der Waals surface area contributed by atoms with Crippen LogP contribution in [0, 0.1) is 11.3 Å². The maximum absolute atomic E-state index is 12.0. The number of hydrogen-bond donors (Lipinski definition) is 0. The zero-order valence-electron chi connectivity index (χ0n) is 12.7. The first-order valence-electron chi connectivity index (χ1n) is 7.05. The van der Waals surface area contributed by atoms with Gasteiger partial charge in [-0.3, -0.25) is 9.13 Å². The number of nitrogens with zero attached hydrogens (tertiary/aromatic N) is 3. The van der Waals surface area contributed by atoms with Gasteiger partial charge in [0.15, 0.2) is 0 Å². The average Bonchev–Trinajstić information content (AvgIpc) is 2.78. The Balaban J connectivity index is 2.17. The number of imidazole rings is 1. The van der Waals surface area contributed by atoms with E-state index in [1.165, 1.54) is 0 Å². The summed E-state index contributed by atoms with van der Waals surface area (Å²) in [6, 6.07) is 15.1. The van der Waals surface area contributed by atoms with E-state index < -0.39 is 0 Å². The van der Waals surface area contributed by atoms with Gasteiger partial charge in [-0.2, -0.15) is 5.26 Å². The molecule has 3 rings (SSSR count). The molecular formula is C18H14ClN3O. The van der Waals surface area contributed by atoms with Crippen LogP contribution in [0.15, 0.2) is 47.3 Å². The van der Waals surface area contributed by atoms with Crippen LogP contribution in [-0.2, 0) is 14.1 Å². The average molecular weight is 324 g/mol. The Morgan fingerprint density at radius 3 is 2.52 bits per heavy atom. The van der Waals surface area contributed by atoms with E-state index in [9.17, 15) is 10.1 Å². The number of nitriles is 1. The smallest absolute Gasteiger partial charge is 0.295 e. The Labute approximate surface area is 138 Å². The molecule has 4 nitrogen and oxygen atoms in total. The van der Waals surface area contributed by atoms with Crippen molar-refractivity contribution in [1.29, 1.82) is 5.26 Å². The van der Waals surface area contributed by atoms with Crippen LogP contribution in [0.25, 0.3) is 22.7 Å². The first-order valence-corrected chi connectivity index (χ1v) is 7.43. The number of fused-ring (bicyclic) bond motifs is 1. The van der Waals surface area contributed by atoms with E-state index in [0.29, 0.717) is 16.2 Å². The Bertz CT molecular complexity index is 1030. The summed E-state index contributed by atoms with van der Waals surface area (Å²) in [4.78, 5) is 12.0. The van der Waals surface area contributed by atoms with E-state index >= 15 is 0 Å². The second-order valence-corrected chi connectivity index (χ2v) is 5.71. The van der Waals surface area contributed by atoms with Crippen LogP contribution >= 0.6 is 11.6 Å². The van der Waals surface area contributed by atoms with E-state index in [1.807, 2.05) is 36.4 Å². The van der Waals surface area contributed by atoms with E-state index in [2.05, 4.69) is 6.07 Å². The highest BCUT2D eigenvalue weighted by molar-refractivity contribution is 6.32. The van der Waals surface area contributed by atoms with Gasteiger partial charge in [-0.15, -0.1) is 0 Å². The van der Waals surface area contributed by atoms with Gasteiger partial charge >= 0.3 is 5.69 Å². The van der Waals surface area contributed by atoms with Crippen LogP contribution in [0.2, 0.25) is 5.02 Å². The molecule has 0 radical (unpaired) electrons. The third kappa shape index (κ3) is 2.56. The van der Waals surface area contributed by atoms with Crippen molar-refractivity contribution in [2.45, 2.75) is 0 Å². The summed E-state index contributed by atoms with van der Waals surface area (Å²) in [5, 5.41) is 9.98. The number of allylic oxidation sites excluding steroid dienone is 1. The topological polar surface area (TPSA) is 50.7 Å². The lowest BCUT2D eigenvalue weighted by atomic mass is 10.0. The number of aromatic nitrogens is 2. The van der Waals surface area contributed by atoms with Crippen molar-refractivity contribution in [3.8, 4) is 6.07 Å². The van der Waals surface area contributed by atoms with Gasteiger partial charge in [-0.1, -0.05) is 35.9 Å². The molecule has 2 aromatic carbocycles. The molecule has 5 heteroatoms. The largest absolute Gasteiger partial charge is 0.328 e. The molecule has 114 valence electrons. The Hall–Kier alpha value is -2.77. The summed E-state index contributed by atoms with van der Waals surface area (Å²) in [5.74, 6) is 0. The molecule has 0 saturated heterocycles. The molecule has 0 aliphatic heterocycles. The number of rotatable bonds is 2. The minimum atomic E-state index is -0.0762. The number of aryl methyl sites for hydroxylation is 2. The standard InChI is InChI=1S/C18H14ClN3O/c1-21-16-8-7-12(10-17(16)22(2)18(21)23)9-13(11-20)14-5-3-4-6-15(14)19/h3-10H,1-2H3. The third-order valence-corrected chi connectivity index (χ3v) is 4.22. The molecule has 0 atom stereocenters. The summed E-state index contributed by atoms with van der Waals surface area (Å²) < 4.78 is 3.19. The lowest BCUT2D eigenvalue weighted by molar-refractivity contribution is 0.795. The molecular weight excluding hydrogens is 310 g/mol. The quantitative estimate of drug-likeness (QED) is 0.534. The molecule has 3 aromatic rings. The lowest BCUT2D eigenvalue weighted by Gasteiger charge is -2.03. The second-order valence-electron chi connectivity index (χ2n) is 5.30. The molecule has 0 amide bonds. The van der Waals surface area contributed by atoms with Crippen LogP contribution in [-0.4, -0.2) is 9.13 Å². The van der Waals surface area contributed by atoms with Crippen molar-refractivity contribution < 1.29 is 0 Å². The molecule has 0 saturated carbocycles. The van der Waals surface area contributed by atoms with Crippen LogP contribution in [0.5, 0.6) is 0 Å². The number of hydrogen-bond acceptors (Lipinski definition) is 2. The molecule has 0 unspecified atom stereocenters. The normalized spacial score (nSPS) is 11.7. The first kappa shape index (κ1) is 15.1. The van der Waals surface area contributed by atoms with Crippen molar-refractivity contribution in [2.75, 3.05) is 0 Å². The minimum Gasteiger partial charge on any atom is -0.295 e. The predicted molar refractivity (Wildman–Crippen MR) is 93.1 cm³/mol. The second kappa shape index (κ2) is 5.79. The van der Waals surface area contributed by atoms with E-state index in [1.54, 1.807) is 35.4 Å². The zero-order valence-corrected chi connectivity index (χ0v) is 13.5. The SMILES string of the molecule is Cn1c(=O)n(C)c2cc(C=C(C#N)c3ccccc3Cl)ccc21. The molecule has 23 heavy (non-hydrogen) atoms. The van der Waals surface area contributed by atoms with E-state index in [4.69, 9.17) is 11.6 Å². The fraction of sp³-hybridized carbons (Fsp3) is 0.111. The molecule has 0 bridgehead atoms. The zero-order chi connectivity index (χ0) is 16.6. The Morgan fingerprint density at radius 2 is 1.83 bits per heavy atom. The maximum atomic E-state index is 12.0. The highest BCUT2D eigenvalue weighted by Gasteiger charge is 2.09. The fourth-order valence-corrected chi connectivity index (χ4v) is 2.87.